The summed E-state index contributed by atoms with van der Waals surface area (Å²) in [5.74, 6) is -0.436. The average Bonchev–Trinajstić information content (AvgIpc) is 1.85. The predicted molar refractivity (Wildman–Crippen MR) is 30.4 cm³/mol. The van der Waals surface area contributed by atoms with Crippen molar-refractivity contribution in [2.45, 2.75) is 19.2 Å². The predicted octanol–water partition coefficient (Wildman–Crippen LogP) is 1.11. The molecular formula is C6H5F3O2. The molecule has 0 rings (SSSR count). The Labute approximate surface area is 61.3 Å². The molecule has 0 N–H and O–H groups in total. The first kappa shape index (κ1) is 9.82. The molecule has 1 atom stereocenters. The van der Waals surface area contributed by atoms with Crippen molar-refractivity contribution >= 4 is 5.97 Å². The van der Waals surface area contributed by atoms with Crippen molar-refractivity contribution in [3.8, 4) is 12.3 Å². The summed E-state index contributed by atoms with van der Waals surface area (Å²) >= 11 is 0. The van der Waals surface area contributed by atoms with Crippen LogP contribution in [0.5, 0.6) is 0 Å². The number of hydrogen-bond acceptors (Lipinski definition) is 2. The fourth-order valence-electron chi connectivity index (χ4n) is 0.261. The smallest absolute Gasteiger partial charge is 0.443 e. The number of carbonyl (C=O) groups excluding carboxylic acids is 1. The number of rotatable bonds is 1. The summed E-state index contributed by atoms with van der Waals surface area (Å²) in [6.45, 7) is 1.17. The van der Waals surface area contributed by atoms with E-state index in [-0.39, 0.29) is 0 Å². The molecule has 0 aliphatic carbocycles. The van der Waals surface area contributed by atoms with Crippen molar-refractivity contribution in [2.24, 2.45) is 0 Å². The summed E-state index contributed by atoms with van der Waals surface area (Å²) in [6.07, 6.45) is -1.45. The Bertz CT molecular complexity index is 189. The molecule has 0 aliphatic heterocycles. The molecular weight excluding hydrogens is 161 g/mol. The Morgan fingerprint density at radius 2 is 2.09 bits per heavy atom. The maximum absolute atomic E-state index is 11.4. The molecule has 0 fully saturated rings. The lowest BCUT2D eigenvalue weighted by atomic mass is 10.4. The van der Waals surface area contributed by atoms with E-state index in [1.165, 1.54) is 6.92 Å². The van der Waals surface area contributed by atoms with Crippen LogP contribution in [0.2, 0.25) is 0 Å². The van der Waals surface area contributed by atoms with Crippen LogP contribution in [-0.4, -0.2) is 18.2 Å². The number of alkyl halides is 3. The van der Waals surface area contributed by atoms with E-state index in [4.69, 9.17) is 0 Å². The molecule has 2 nitrogen and oxygen atoms in total. The van der Waals surface area contributed by atoms with E-state index in [1.807, 2.05) is 5.92 Å². The van der Waals surface area contributed by atoms with Crippen molar-refractivity contribution in [3.63, 3.8) is 0 Å². The lowest BCUT2D eigenvalue weighted by Crippen LogP contribution is -2.28. The number of ether oxygens (including phenoxy) is 1. The molecule has 0 aliphatic rings. The Morgan fingerprint density at radius 1 is 1.64 bits per heavy atom. The summed E-state index contributed by atoms with van der Waals surface area (Å²) in [4.78, 5) is 9.99. The molecule has 0 saturated heterocycles. The van der Waals surface area contributed by atoms with Gasteiger partial charge < -0.3 is 4.74 Å². The van der Waals surface area contributed by atoms with E-state index < -0.39 is 18.2 Å². The highest BCUT2D eigenvalue weighted by Gasteiger charge is 2.41. The molecule has 0 heterocycles. The lowest BCUT2D eigenvalue weighted by molar-refractivity contribution is -0.201. The Hall–Kier alpha value is -1.18. The molecule has 0 saturated carbocycles. The molecule has 1 unspecified atom stereocenters. The topological polar surface area (TPSA) is 26.3 Å². The summed E-state index contributed by atoms with van der Waals surface area (Å²) in [5, 5.41) is 0. The molecule has 0 spiro atoms. The number of halogens is 3. The van der Waals surface area contributed by atoms with Gasteiger partial charge in [-0.25, -0.2) is 4.79 Å². The van der Waals surface area contributed by atoms with Gasteiger partial charge in [0.05, 0.1) is 0 Å². The van der Waals surface area contributed by atoms with E-state index in [0.29, 0.717) is 0 Å². The SMILES string of the molecule is C#CC(C)OC(=O)C(F)(F)F. The molecule has 11 heavy (non-hydrogen) atoms. The van der Waals surface area contributed by atoms with Crippen molar-refractivity contribution < 1.29 is 22.7 Å². The largest absolute Gasteiger partial charge is 0.490 e. The van der Waals surface area contributed by atoms with Gasteiger partial charge in [0.2, 0.25) is 0 Å². The number of carbonyl (C=O) groups is 1. The Kier molecular flexibility index (Phi) is 2.93. The summed E-state index contributed by atoms with van der Waals surface area (Å²) in [6, 6.07) is 0. The van der Waals surface area contributed by atoms with Crippen molar-refractivity contribution in [3.05, 3.63) is 0 Å². The van der Waals surface area contributed by atoms with Crippen LogP contribution in [0.3, 0.4) is 0 Å². The minimum atomic E-state index is -4.97. The molecule has 0 amide bonds. The van der Waals surface area contributed by atoms with Gasteiger partial charge in [-0.2, -0.15) is 13.2 Å². The monoisotopic (exact) mass is 166 g/mol. The second-order valence-corrected chi connectivity index (χ2v) is 1.71. The highest BCUT2D eigenvalue weighted by atomic mass is 19.4. The summed E-state index contributed by atoms with van der Waals surface area (Å²) < 4.78 is 38.0. The van der Waals surface area contributed by atoms with Gasteiger partial charge in [-0.15, -0.1) is 6.42 Å². The van der Waals surface area contributed by atoms with Crippen LogP contribution >= 0.6 is 0 Å². The van der Waals surface area contributed by atoms with Crippen LogP contribution in [0.25, 0.3) is 0 Å². The van der Waals surface area contributed by atoms with E-state index in [2.05, 4.69) is 11.2 Å². The first-order valence-electron chi connectivity index (χ1n) is 2.62. The maximum Gasteiger partial charge on any atom is 0.490 e. The van der Waals surface area contributed by atoms with Crippen molar-refractivity contribution in [2.75, 3.05) is 0 Å². The van der Waals surface area contributed by atoms with E-state index in [1.54, 1.807) is 0 Å². The van der Waals surface area contributed by atoms with Gasteiger partial charge in [0.15, 0.2) is 6.10 Å². The van der Waals surface area contributed by atoms with Crippen molar-refractivity contribution in [1.82, 2.24) is 0 Å². The van der Waals surface area contributed by atoms with Crippen LogP contribution in [0, 0.1) is 12.3 Å². The average molecular weight is 166 g/mol. The number of hydrogen-bond donors (Lipinski definition) is 0. The molecule has 0 aromatic heterocycles. The van der Waals surface area contributed by atoms with Gasteiger partial charge in [-0.05, 0) is 6.92 Å². The highest BCUT2D eigenvalue weighted by molar-refractivity contribution is 5.75. The fourth-order valence-corrected chi connectivity index (χ4v) is 0.261. The standard InChI is InChI=1S/C6H5F3O2/c1-3-4(2)11-5(10)6(7,8)9/h1,4H,2H3. The normalized spacial score (nSPS) is 13.4. The van der Waals surface area contributed by atoms with E-state index >= 15 is 0 Å². The minimum absolute atomic E-state index is 1.15. The lowest BCUT2D eigenvalue weighted by Gasteiger charge is -2.08. The Morgan fingerprint density at radius 3 is 2.36 bits per heavy atom. The molecule has 5 heteroatoms. The summed E-state index contributed by atoms with van der Waals surface area (Å²) in [5.41, 5.74) is 0. The van der Waals surface area contributed by atoms with Gasteiger partial charge in [0.1, 0.15) is 0 Å². The van der Waals surface area contributed by atoms with Crippen LogP contribution < -0.4 is 0 Å². The number of terminal acetylenes is 1. The zero-order valence-corrected chi connectivity index (χ0v) is 5.61. The zero-order chi connectivity index (χ0) is 9.07. The highest BCUT2D eigenvalue weighted by Crippen LogP contribution is 2.17. The number of esters is 1. The van der Waals surface area contributed by atoms with E-state index in [0.717, 1.165) is 0 Å². The van der Waals surface area contributed by atoms with Gasteiger partial charge in [-0.3, -0.25) is 0 Å². The maximum atomic E-state index is 11.4. The molecule has 0 aromatic rings. The third kappa shape index (κ3) is 3.50. The van der Waals surface area contributed by atoms with Crippen LogP contribution in [-0.2, 0) is 9.53 Å². The minimum Gasteiger partial charge on any atom is -0.443 e. The molecule has 0 aromatic carbocycles. The van der Waals surface area contributed by atoms with Gasteiger partial charge >= 0.3 is 12.1 Å². The van der Waals surface area contributed by atoms with E-state index in [9.17, 15) is 18.0 Å². The van der Waals surface area contributed by atoms with Crippen LogP contribution in [0.4, 0.5) is 13.2 Å². The zero-order valence-electron chi connectivity index (χ0n) is 5.61. The third-order valence-electron chi connectivity index (χ3n) is 0.750. The van der Waals surface area contributed by atoms with Gasteiger partial charge in [0, 0.05) is 0 Å². The van der Waals surface area contributed by atoms with Crippen LogP contribution in [0.15, 0.2) is 0 Å². The third-order valence-corrected chi connectivity index (χ3v) is 0.750. The molecule has 0 bridgehead atoms. The second-order valence-electron chi connectivity index (χ2n) is 1.71. The quantitative estimate of drug-likeness (QED) is 0.431. The first-order valence-corrected chi connectivity index (χ1v) is 2.62. The fraction of sp³-hybridized carbons (Fsp3) is 0.500. The van der Waals surface area contributed by atoms with Crippen LogP contribution in [0.1, 0.15) is 6.92 Å². The molecule has 62 valence electrons. The second kappa shape index (κ2) is 3.28. The van der Waals surface area contributed by atoms with Gasteiger partial charge in [0.25, 0.3) is 0 Å². The molecule has 0 radical (unpaired) electrons. The first-order chi connectivity index (χ1) is 4.88. The summed E-state index contributed by atoms with van der Waals surface area (Å²) in [7, 11) is 0. The van der Waals surface area contributed by atoms with Crippen molar-refractivity contribution in [1.29, 1.82) is 0 Å². The van der Waals surface area contributed by atoms with Gasteiger partial charge in [-0.1, -0.05) is 5.92 Å². The Balaban J connectivity index is 4.01.